The smallest absolute Gasteiger partial charge is 0.0548 e. The number of halogens is 1. The summed E-state index contributed by atoms with van der Waals surface area (Å²) in [5, 5.41) is 4.19. The summed E-state index contributed by atoms with van der Waals surface area (Å²) in [5.41, 5.74) is 2.62. The second-order valence-corrected chi connectivity index (χ2v) is 6.83. The van der Waals surface area contributed by atoms with E-state index in [-0.39, 0.29) is 0 Å². The molecule has 0 radical (unpaired) electrons. The fourth-order valence-electron chi connectivity index (χ4n) is 2.11. The average molecular weight is 320 g/mol. The first-order valence-corrected chi connectivity index (χ1v) is 8.57. The highest BCUT2D eigenvalue weighted by Gasteiger charge is 2.09. The predicted octanol–water partition coefficient (Wildman–Crippen LogP) is 5.72. The van der Waals surface area contributed by atoms with Crippen LogP contribution < -0.4 is 5.32 Å². The second-order valence-electron chi connectivity index (χ2n) is 5.33. The summed E-state index contributed by atoms with van der Waals surface area (Å²) in [6.07, 6.45) is 0. The van der Waals surface area contributed by atoms with Gasteiger partial charge in [-0.05, 0) is 41.8 Å². The van der Waals surface area contributed by atoms with Crippen LogP contribution in [0, 0.1) is 0 Å². The molecule has 0 spiro atoms. The molecule has 2 aromatic carbocycles. The molecule has 0 heterocycles. The van der Waals surface area contributed by atoms with E-state index >= 15 is 0 Å². The van der Waals surface area contributed by atoms with Crippen molar-refractivity contribution in [2.24, 2.45) is 0 Å². The normalized spacial score (nSPS) is 11.1. The Morgan fingerprint density at radius 1 is 1.10 bits per heavy atom. The van der Waals surface area contributed by atoms with Gasteiger partial charge in [-0.2, -0.15) is 0 Å². The zero-order chi connectivity index (χ0) is 15.2. The van der Waals surface area contributed by atoms with Crippen molar-refractivity contribution in [3.8, 4) is 0 Å². The molecule has 2 aromatic rings. The maximum absolute atomic E-state index is 6.39. The molecule has 0 atom stereocenters. The molecule has 0 amide bonds. The summed E-state index contributed by atoms with van der Waals surface area (Å²) in [6.45, 7) is 8.35. The highest BCUT2D eigenvalue weighted by Crippen LogP contribution is 2.36. The van der Waals surface area contributed by atoms with Crippen molar-refractivity contribution < 1.29 is 0 Å². The average Bonchev–Trinajstić information content (AvgIpc) is 2.48. The van der Waals surface area contributed by atoms with Crippen LogP contribution in [0.4, 0.5) is 0 Å². The predicted molar refractivity (Wildman–Crippen MR) is 93.5 cm³/mol. The SMILES string of the molecule is CCNCc1cccc(Cl)c1Sc1ccc(C(C)C)cc1. The molecule has 0 saturated carbocycles. The quantitative estimate of drug-likeness (QED) is 0.730. The Morgan fingerprint density at radius 2 is 1.81 bits per heavy atom. The molecule has 0 fully saturated rings. The molecule has 112 valence electrons. The lowest BCUT2D eigenvalue weighted by molar-refractivity contribution is 0.718. The third-order valence-electron chi connectivity index (χ3n) is 3.38. The van der Waals surface area contributed by atoms with E-state index in [0.717, 1.165) is 23.0 Å². The topological polar surface area (TPSA) is 12.0 Å². The van der Waals surface area contributed by atoms with E-state index in [1.54, 1.807) is 11.8 Å². The first-order valence-electron chi connectivity index (χ1n) is 7.37. The molecule has 0 bridgehead atoms. The van der Waals surface area contributed by atoms with Crippen LogP contribution in [-0.4, -0.2) is 6.54 Å². The van der Waals surface area contributed by atoms with Gasteiger partial charge in [0.05, 0.1) is 5.02 Å². The van der Waals surface area contributed by atoms with Gasteiger partial charge in [0.15, 0.2) is 0 Å². The van der Waals surface area contributed by atoms with Crippen molar-refractivity contribution in [2.45, 2.75) is 43.0 Å². The minimum atomic E-state index is 0.564. The van der Waals surface area contributed by atoms with Gasteiger partial charge in [0, 0.05) is 16.3 Å². The highest BCUT2D eigenvalue weighted by molar-refractivity contribution is 7.99. The van der Waals surface area contributed by atoms with Gasteiger partial charge in [-0.15, -0.1) is 0 Å². The summed E-state index contributed by atoms with van der Waals surface area (Å²) >= 11 is 8.13. The molecule has 0 aliphatic rings. The van der Waals surface area contributed by atoms with Crippen LogP contribution in [0.2, 0.25) is 5.02 Å². The zero-order valence-corrected chi connectivity index (χ0v) is 14.4. The number of nitrogens with one attached hydrogen (secondary N) is 1. The van der Waals surface area contributed by atoms with Gasteiger partial charge < -0.3 is 5.32 Å². The molecule has 0 aliphatic carbocycles. The number of hydrogen-bond acceptors (Lipinski definition) is 2. The summed E-state index contributed by atoms with van der Waals surface area (Å²) in [7, 11) is 0. The van der Waals surface area contributed by atoms with Crippen molar-refractivity contribution in [3.63, 3.8) is 0 Å². The number of benzene rings is 2. The number of hydrogen-bond donors (Lipinski definition) is 1. The first-order chi connectivity index (χ1) is 10.1. The Bertz CT molecular complexity index is 578. The van der Waals surface area contributed by atoms with E-state index in [0.29, 0.717) is 5.92 Å². The molecule has 0 aliphatic heterocycles. The minimum absolute atomic E-state index is 0.564. The molecule has 0 unspecified atom stereocenters. The third kappa shape index (κ3) is 4.50. The van der Waals surface area contributed by atoms with Crippen LogP contribution in [0.25, 0.3) is 0 Å². The lowest BCUT2D eigenvalue weighted by Gasteiger charge is -2.12. The van der Waals surface area contributed by atoms with E-state index < -0.39 is 0 Å². The van der Waals surface area contributed by atoms with E-state index in [4.69, 9.17) is 11.6 Å². The summed E-state index contributed by atoms with van der Waals surface area (Å²) in [5.74, 6) is 0.564. The molecule has 1 nitrogen and oxygen atoms in total. The van der Waals surface area contributed by atoms with Crippen molar-refractivity contribution in [1.29, 1.82) is 0 Å². The Hall–Kier alpha value is -0.960. The lowest BCUT2D eigenvalue weighted by atomic mass is 10.0. The molecule has 0 aromatic heterocycles. The molecule has 3 heteroatoms. The van der Waals surface area contributed by atoms with Gasteiger partial charge in [-0.25, -0.2) is 0 Å². The standard InChI is InChI=1S/C18H22ClNS/c1-4-20-12-15-6-5-7-17(19)18(15)21-16-10-8-14(9-11-16)13(2)3/h5-11,13,20H,4,12H2,1-3H3. The van der Waals surface area contributed by atoms with Crippen LogP contribution in [0.1, 0.15) is 37.8 Å². The summed E-state index contributed by atoms with van der Waals surface area (Å²) in [4.78, 5) is 2.38. The van der Waals surface area contributed by atoms with Gasteiger partial charge in [-0.1, -0.05) is 68.4 Å². The monoisotopic (exact) mass is 319 g/mol. The van der Waals surface area contributed by atoms with E-state index in [2.05, 4.69) is 56.4 Å². The maximum Gasteiger partial charge on any atom is 0.0548 e. The van der Waals surface area contributed by atoms with E-state index in [1.807, 2.05) is 12.1 Å². The van der Waals surface area contributed by atoms with Crippen LogP contribution >= 0.6 is 23.4 Å². The maximum atomic E-state index is 6.39. The Morgan fingerprint density at radius 3 is 2.43 bits per heavy atom. The fourth-order valence-corrected chi connectivity index (χ4v) is 3.36. The van der Waals surface area contributed by atoms with Gasteiger partial charge in [0.2, 0.25) is 0 Å². The molecular weight excluding hydrogens is 298 g/mol. The lowest BCUT2D eigenvalue weighted by Crippen LogP contribution is -2.12. The van der Waals surface area contributed by atoms with Crippen molar-refractivity contribution >= 4 is 23.4 Å². The summed E-state index contributed by atoms with van der Waals surface area (Å²) in [6, 6.07) is 14.9. The van der Waals surface area contributed by atoms with Crippen LogP contribution in [0.3, 0.4) is 0 Å². The number of rotatable bonds is 6. The largest absolute Gasteiger partial charge is 0.313 e. The Balaban J connectivity index is 2.21. The van der Waals surface area contributed by atoms with E-state index in [9.17, 15) is 0 Å². The van der Waals surface area contributed by atoms with Gasteiger partial charge >= 0.3 is 0 Å². The Labute approximate surface area is 137 Å². The summed E-state index contributed by atoms with van der Waals surface area (Å²) < 4.78 is 0. The minimum Gasteiger partial charge on any atom is -0.313 e. The van der Waals surface area contributed by atoms with Crippen LogP contribution in [-0.2, 0) is 6.54 Å². The van der Waals surface area contributed by atoms with Gasteiger partial charge in [0.1, 0.15) is 0 Å². The van der Waals surface area contributed by atoms with Crippen molar-refractivity contribution in [2.75, 3.05) is 6.54 Å². The van der Waals surface area contributed by atoms with E-state index in [1.165, 1.54) is 16.0 Å². The van der Waals surface area contributed by atoms with Crippen molar-refractivity contribution in [1.82, 2.24) is 5.32 Å². The molecule has 1 N–H and O–H groups in total. The second kappa shape index (κ2) is 7.88. The van der Waals surface area contributed by atoms with Crippen LogP contribution in [0.15, 0.2) is 52.3 Å². The third-order valence-corrected chi connectivity index (χ3v) is 5.00. The molecule has 2 rings (SSSR count). The van der Waals surface area contributed by atoms with Gasteiger partial charge in [0.25, 0.3) is 0 Å². The van der Waals surface area contributed by atoms with Crippen molar-refractivity contribution in [3.05, 3.63) is 58.6 Å². The van der Waals surface area contributed by atoms with Gasteiger partial charge in [-0.3, -0.25) is 0 Å². The highest BCUT2D eigenvalue weighted by atomic mass is 35.5. The first kappa shape index (κ1) is 16.4. The molecular formula is C18H22ClNS. The molecule has 0 saturated heterocycles. The zero-order valence-electron chi connectivity index (χ0n) is 12.8. The Kier molecular flexibility index (Phi) is 6.16. The van der Waals surface area contributed by atoms with Crippen LogP contribution in [0.5, 0.6) is 0 Å². The fraction of sp³-hybridized carbons (Fsp3) is 0.333. The molecule has 21 heavy (non-hydrogen) atoms.